The highest BCUT2D eigenvalue weighted by molar-refractivity contribution is 6.32. The maximum atomic E-state index is 11.9. The van der Waals surface area contributed by atoms with Crippen molar-refractivity contribution in [3.63, 3.8) is 0 Å². The molecule has 0 aliphatic rings. The van der Waals surface area contributed by atoms with Gasteiger partial charge in [-0.25, -0.2) is 4.68 Å². The van der Waals surface area contributed by atoms with Gasteiger partial charge in [-0.2, -0.15) is 5.10 Å². The van der Waals surface area contributed by atoms with Gasteiger partial charge in [0.25, 0.3) is 11.6 Å². The largest absolute Gasteiger partial charge is 0.484 e. The van der Waals surface area contributed by atoms with E-state index in [-0.39, 0.29) is 29.0 Å². The minimum atomic E-state index is -0.589. The summed E-state index contributed by atoms with van der Waals surface area (Å²) in [4.78, 5) is 22.1. The summed E-state index contributed by atoms with van der Waals surface area (Å²) in [5.74, 6) is -0.0606. The number of aromatic nitrogens is 2. The highest BCUT2D eigenvalue weighted by Crippen LogP contribution is 2.28. The third-order valence-corrected chi connectivity index (χ3v) is 3.93. The van der Waals surface area contributed by atoms with Crippen LogP contribution in [0.1, 0.15) is 5.56 Å². The number of carbonyl (C=O) groups is 1. The first kappa shape index (κ1) is 18.4. The summed E-state index contributed by atoms with van der Waals surface area (Å²) in [6.07, 6.45) is 3.50. The zero-order valence-electron chi connectivity index (χ0n) is 14.0. The summed E-state index contributed by atoms with van der Waals surface area (Å²) in [7, 11) is 0. The topological polar surface area (TPSA) is 99.3 Å². The third-order valence-electron chi connectivity index (χ3n) is 3.63. The molecule has 0 saturated heterocycles. The van der Waals surface area contributed by atoms with Gasteiger partial charge < -0.3 is 10.1 Å². The second kappa shape index (κ2) is 8.33. The van der Waals surface area contributed by atoms with E-state index in [2.05, 4.69) is 10.4 Å². The minimum absolute atomic E-state index is 0.0498. The fourth-order valence-electron chi connectivity index (χ4n) is 2.30. The van der Waals surface area contributed by atoms with Gasteiger partial charge in [-0.15, -0.1) is 0 Å². The fraction of sp³-hybridized carbons (Fsp3) is 0.111. The smallest absolute Gasteiger partial charge is 0.288 e. The second-order valence-corrected chi connectivity index (χ2v) is 5.97. The molecule has 3 rings (SSSR count). The van der Waals surface area contributed by atoms with E-state index in [1.165, 1.54) is 18.2 Å². The first-order valence-electron chi connectivity index (χ1n) is 7.95. The minimum Gasteiger partial charge on any atom is -0.484 e. The molecule has 8 nitrogen and oxygen atoms in total. The Balaban J connectivity index is 1.50. The van der Waals surface area contributed by atoms with Crippen LogP contribution < -0.4 is 10.1 Å². The molecule has 138 valence electrons. The van der Waals surface area contributed by atoms with Crippen LogP contribution in [0.5, 0.6) is 5.75 Å². The van der Waals surface area contributed by atoms with Crippen LogP contribution in [0.4, 0.5) is 5.69 Å². The summed E-state index contributed by atoms with van der Waals surface area (Å²) in [5, 5.41) is 17.6. The van der Waals surface area contributed by atoms with Crippen LogP contribution >= 0.6 is 11.6 Å². The molecule has 0 saturated carbocycles. The van der Waals surface area contributed by atoms with Crippen molar-refractivity contribution in [3.05, 3.63) is 81.6 Å². The first-order chi connectivity index (χ1) is 13.0. The molecule has 0 radical (unpaired) electrons. The number of hydrogen-bond acceptors (Lipinski definition) is 5. The average Bonchev–Trinajstić information content (AvgIpc) is 3.14. The number of benzene rings is 2. The van der Waals surface area contributed by atoms with Gasteiger partial charge in [0.2, 0.25) is 0 Å². The number of hydrogen-bond donors (Lipinski definition) is 1. The predicted molar refractivity (Wildman–Crippen MR) is 99.0 cm³/mol. The third kappa shape index (κ3) is 4.83. The molecule has 0 unspecified atom stereocenters. The number of halogens is 1. The molecular formula is C18H15ClN4O4. The Bertz CT molecular complexity index is 959. The van der Waals surface area contributed by atoms with Crippen LogP contribution in [0.15, 0.2) is 60.9 Å². The van der Waals surface area contributed by atoms with E-state index < -0.39 is 4.92 Å². The molecule has 1 aromatic heterocycles. The Hall–Kier alpha value is -3.39. The number of nitrogens with zero attached hydrogens (tertiary/aromatic N) is 3. The number of amides is 1. The molecule has 1 heterocycles. The molecule has 0 aliphatic heterocycles. The Morgan fingerprint density at radius 3 is 2.74 bits per heavy atom. The Labute approximate surface area is 159 Å². The lowest BCUT2D eigenvalue weighted by Gasteiger charge is -2.07. The maximum Gasteiger partial charge on any atom is 0.288 e. The molecule has 2 aromatic carbocycles. The molecule has 9 heteroatoms. The number of nitrogens with one attached hydrogen (secondary N) is 1. The van der Waals surface area contributed by atoms with Crippen LogP contribution in [0.3, 0.4) is 0 Å². The fourth-order valence-corrected chi connectivity index (χ4v) is 2.54. The van der Waals surface area contributed by atoms with E-state index in [0.717, 1.165) is 11.3 Å². The normalized spacial score (nSPS) is 10.4. The van der Waals surface area contributed by atoms with Gasteiger partial charge in [0, 0.05) is 30.4 Å². The lowest BCUT2D eigenvalue weighted by atomic mass is 10.3. The van der Waals surface area contributed by atoms with Gasteiger partial charge in [-0.1, -0.05) is 29.8 Å². The van der Waals surface area contributed by atoms with Gasteiger partial charge in [0.05, 0.1) is 16.8 Å². The first-order valence-corrected chi connectivity index (χ1v) is 8.33. The number of nitro groups is 1. The Kier molecular flexibility index (Phi) is 5.68. The van der Waals surface area contributed by atoms with Gasteiger partial charge in [0.15, 0.2) is 6.61 Å². The van der Waals surface area contributed by atoms with Crippen LogP contribution in [0, 0.1) is 10.1 Å². The van der Waals surface area contributed by atoms with E-state index in [1.54, 1.807) is 10.9 Å². The van der Waals surface area contributed by atoms with Crippen molar-refractivity contribution in [2.75, 3.05) is 6.61 Å². The average molecular weight is 387 g/mol. The van der Waals surface area contributed by atoms with Gasteiger partial charge in [0.1, 0.15) is 10.8 Å². The molecular weight excluding hydrogens is 372 g/mol. The molecule has 0 atom stereocenters. The van der Waals surface area contributed by atoms with Crippen molar-refractivity contribution in [2.45, 2.75) is 6.54 Å². The highest BCUT2D eigenvalue weighted by Gasteiger charge is 2.13. The van der Waals surface area contributed by atoms with E-state index in [4.69, 9.17) is 16.3 Å². The monoisotopic (exact) mass is 386 g/mol. The molecule has 1 amide bonds. The molecule has 1 N–H and O–H groups in total. The Morgan fingerprint density at radius 2 is 2.04 bits per heavy atom. The molecule has 3 aromatic rings. The van der Waals surface area contributed by atoms with Crippen LogP contribution in [0.25, 0.3) is 5.69 Å². The zero-order chi connectivity index (χ0) is 19.2. The van der Waals surface area contributed by atoms with E-state index in [1.807, 2.05) is 36.5 Å². The number of carbonyl (C=O) groups excluding carboxylic acids is 1. The predicted octanol–water partition coefficient (Wildman–Crippen LogP) is 3.13. The standard InChI is InChI=1S/C18H15ClN4O4/c19-16-8-15(6-7-17(16)23(25)26)27-12-18(24)20-9-13-10-21-22(11-13)14-4-2-1-3-5-14/h1-8,10-11H,9,12H2,(H,20,24). The van der Waals surface area contributed by atoms with E-state index in [0.29, 0.717) is 6.54 Å². The molecule has 0 spiro atoms. The van der Waals surface area contributed by atoms with Crippen molar-refractivity contribution in [3.8, 4) is 11.4 Å². The highest BCUT2D eigenvalue weighted by atomic mass is 35.5. The summed E-state index contributed by atoms with van der Waals surface area (Å²) in [6.45, 7) is 0.0665. The van der Waals surface area contributed by atoms with Crippen molar-refractivity contribution in [2.24, 2.45) is 0 Å². The lowest BCUT2D eigenvalue weighted by Crippen LogP contribution is -2.28. The lowest BCUT2D eigenvalue weighted by molar-refractivity contribution is -0.384. The summed E-state index contributed by atoms with van der Waals surface area (Å²) in [6, 6.07) is 13.5. The number of nitro benzene ring substituents is 1. The van der Waals surface area contributed by atoms with E-state index in [9.17, 15) is 14.9 Å². The van der Waals surface area contributed by atoms with Crippen LogP contribution in [0.2, 0.25) is 5.02 Å². The molecule has 27 heavy (non-hydrogen) atoms. The second-order valence-electron chi connectivity index (χ2n) is 5.56. The summed E-state index contributed by atoms with van der Waals surface area (Å²) in [5.41, 5.74) is 1.54. The quantitative estimate of drug-likeness (QED) is 0.496. The number of para-hydroxylation sites is 1. The van der Waals surface area contributed by atoms with Crippen molar-refractivity contribution < 1.29 is 14.5 Å². The maximum absolute atomic E-state index is 11.9. The van der Waals surface area contributed by atoms with Crippen molar-refractivity contribution in [1.29, 1.82) is 0 Å². The van der Waals surface area contributed by atoms with E-state index >= 15 is 0 Å². The molecule has 0 aliphatic carbocycles. The molecule has 0 fully saturated rings. The van der Waals surface area contributed by atoms with Gasteiger partial charge in [-0.3, -0.25) is 14.9 Å². The SMILES string of the molecule is O=C(COc1ccc([N+](=O)[O-])c(Cl)c1)NCc1cnn(-c2ccccc2)c1. The number of rotatable bonds is 7. The Morgan fingerprint density at radius 1 is 1.26 bits per heavy atom. The van der Waals surface area contributed by atoms with Gasteiger partial charge >= 0.3 is 0 Å². The van der Waals surface area contributed by atoms with Crippen molar-refractivity contribution >= 4 is 23.2 Å². The molecule has 0 bridgehead atoms. The summed E-state index contributed by atoms with van der Waals surface area (Å²) < 4.78 is 7.03. The van der Waals surface area contributed by atoms with Crippen LogP contribution in [-0.2, 0) is 11.3 Å². The number of ether oxygens (including phenoxy) is 1. The van der Waals surface area contributed by atoms with Crippen molar-refractivity contribution in [1.82, 2.24) is 15.1 Å². The van der Waals surface area contributed by atoms with Gasteiger partial charge in [-0.05, 0) is 18.2 Å². The zero-order valence-corrected chi connectivity index (χ0v) is 14.8. The summed E-state index contributed by atoms with van der Waals surface area (Å²) >= 11 is 5.80. The van der Waals surface area contributed by atoms with Crippen LogP contribution in [-0.4, -0.2) is 27.2 Å².